The first-order valence-corrected chi connectivity index (χ1v) is 5.36. The van der Waals surface area contributed by atoms with Crippen molar-refractivity contribution < 1.29 is 18.3 Å². The van der Waals surface area contributed by atoms with Crippen LogP contribution in [0.1, 0.15) is 13.3 Å². The van der Waals surface area contributed by atoms with Crippen LogP contribution in [0, 0.1) is 11.6 Å². The highest BCUT2D eigenvalue weighted by molar-refractivity contribution is 6.33. The SMILES string of the molecule is CCC(Nc1c(F)cc(F)cc1Cl)C(=O)OC. The van der Waals surface area contributed by atoms with E-state index in [0.717, 1.165) is 6.07 Å². The van der Waals surface area contributed by atoms with Crippen LogP contribution in [0.2, 0.25) is 5.02 Å². The fraction of sp³-hybridized carbons (Fsp3) is 0.364. The number of carbonyl (C=O) groups is 1. The third-order valence-electron chi connectivity index (χ3n) is 2.22. The lowest BCUT2D eigenvalue weighted by molar-refractivity contribution is -0.141. The van der Waals surface area contributed by atoms with Crippen molar-refractivity contribution in [2.45, 2.75) is 19.4 Å². The van der Waals surface area contributed by atoms with E-state index < -0.39 is 23.6 Å². The fourth-order valence-corrected chi connectivity index (χ4v) is 1.57. The van der Waals surface area contributed by atoms with Crippen LogP contribution in [-0.4, -0.2) is 19.1 Å². The molecule has 0 heterocycles. The Kier molecular flexibility index (Phi) is 4.69. The van der Waals surface area contributed by atoms with E-state index in [1.54, 1.807) is 6.92 Å². The molecule has 1 aromatic carbocycles. The maximum Gasteiger partial charge on any atom is 0.328 e. The summed E-state index contributed by atoms with van der Waals surface area (Å²) in [7, 11) is 1.23. The van der Waals surface area contributed by atoms with Gasteiger partial charge in [0.25, 0.3) is 0 Å². The molecule has 0 aliphatic carbocycles. The Balaban J connectivity index is 2.98. The lowest BCUT2D eigenvalue weighted by Crippen LogP contribution is -2.30. The lowest BCUT2D eigenvalue weighted by Gasteiger charge is -2.17. The first-order valence-electron chi connectivity index (χ1n) is 4.98. The molecule has 1 rings (SSSR count). The maximum absolute atomic E-state index is 13.4. The quantitative estimate of drug-likeness (QED) is 0.849. The number of nitrogens with one attached hydrogen (secondary N) is 1. The minimum Gasteiger partial charge on any atom is -0.467 e. The van der Waals surface area contributed by atoms with Gasteiger partial charge < -0.3 is 10.1 Å². The lowest BCUT2D eigenvalue weighted by atomic mass is 10.2. The minimum absolute atomic E-state index is 0.106. The molecule has 17 heavy (non-hydrogen) atoms. The predicted molar refractivity (Wildman–Crippen MR) is 61.1 cm³/mol. The first kappa shape index (κ1) is 13.7. The molecular weight excluding hydrogens is 252 g/mol. The van der Waals surface area contributed by atoms with E-state index in [4.69, 9.17) is 11.6 Å². The van der Waals surface area contributed by atoms with E-state index in [1.807, 2.05) is 0 Å². The van der Waals surface area contributed by atoms with Gasteiger partial charge in [-0.1, -0.05) is 18.5 Å². The Bertz CT molecular complexity index is 403. The van der Waals surface area contributed by atoms with Gasteiger partial charge >= 0.3 is 5.97 Å². The molecule has 0 spiro atoms. The number of methoxy groups -OCH3 is 1. The van der Waals surface area contributed by atoms with Crippen molar-refractivity contribution in [3.05, 3.63) is 28.8 Å². The third kappa shape index (κ3) is 3.30. The average Bonchev–Trinajstić information content (AvgIpc) is 2.27. The van der Waals surface area contributed by atoms with E-state index >= 15 is 0 Å². The zero-order valence-corrected chi connectivity index (χ0v) is 10.1. The van der Waals surface area contributed by atoms with Crippen molar-refractivity contribution in [2.75, 3.05) is 12.4 Å². The van der Waals surface area contributed by atoms with Crippen LogP contribution in [0.4, 0.5) is 14.5 Å². The largest absolute Gasteiger partial charge is 0.467 e. The van der Waals surface area contributed by atoms with Crippen LogP contribution in [-0.2, 0) is 9.53 Å². The number of hydrogen-bond acceptors (Lipinski definition) is 3. The molecule has 0 bridgehead atoms. The minimum atomic E-state index is -0.850. The number of benzene rings is 1. The van der Waals surface area contributed by atoms with Crippen LogP contribution in [0.25, 0.3) is 0 Å². The maximum atomic E-state index is 13.4. The molecule has 0 aliphatic rings. The summed E-state index contributed by atoms with van der Waals surface area (Å²) >= 11 is 5.69. The molecule has 6 heteroatoms. The number of ether oxygens (including phenoxy) is 1. The van der Waals surface area contributed by atoms with E-state index in [2.05, 4.69) is 10.1 Å². The third-order valence-corrected chi connectivity index (χ3v) is 2.52. The van der Waals surface area contributed by atoms with E-state index in [0.29, 0.717) is 12.5 Å². The second kappa shape index (κ2) is 5.82. The van der Waals surface area contributed by atoms with Crippen LogP contribution in [0.3, 0.4) is 0 Å². The standard InChI is InChI=1S/C11H12ClF2NO2/c1-3-9(11(16)17-2)15-10-7(12)4-6(13)5-8(10)14/h4-5,9,15H,3H2,1-2H3. The number of esters is 1. The molecule has 1 aromatic rings. The van der Waals surface area contributed by atoms with Gasteiger partial charge in [-0.15, -0.1) is 0 Å². The summed E-state index contributed by atoms with van der Waals surface area (Å²) in [5, 5.41) is 2.47. The van der Waals surface area contributed by atoms with Gasteiger partial charge in [0.1, 0.15) is 11.9 Å². The number of rotatable bonds is 4. The molecule has 1 unspecified atom stereocenters. The van der Waals surface area contributed by atoms with Crippen molar-refractivity contribution in [3.8, 4) is 0 Å². The second-order valence-corrected chi connectivity index (χ2v) is 3.78. The summed E-state index contributed by atoms with van der Waals surface area (Å²) < 4.78 is 30.8. The molecule has 0 aliphatic heterocycles. The Morgan fingerprint density at radius 3 is 2.65 bits per heavy atom. The topological polar surface area (TPSA) is 38.3 Å². The Hall–Kier alpha value is -1.36. The van der Waals surface area contributed by atoms with Gasteiger partial charge in [-0.05, 0) is 12.5 Å². The molecule has 0 saturated carbocycles. The molecular formula is C11H12ClF2NO2. The Morgan fingerprint density at radius 1 is 1.53 bits per heavy atom. The van der Waals surface area contributed by atoms with Gasteiger partial charge in [0.2, 0.25) is 0 Å². The summed E-state index contributed by atoms with van der Waals surface area (Å²) in [4.78, 5) is 11.3. The normalized spacial score (nSPS) is 12.1. The zero-order valence-electron chi connectivity index (χ0n) is 9.39. The van der Waals surface area contributed by atoms with Crippen LogP contribution in [0.5, 0.6) is 0 Å². The summed E-state index contributed by atoms with van der Waals surface area (Å²) in [6.45, 7) is 1.73. The molecule has 0 radical (unpaired) electrons. The molecule has 0 amide bonds. The van der Waals surface area contributed by atoms with Crippen molar-refractivity contribution >= 4 is 23.3 Å². The molecule has 1 N–H and O–H groups in total. The highest BCUT2D eigenvalue weighted by atomic mass is 35.5. The van der Waals surface area contributed by atoms with Crippen molar-refractivity contribution in [2.24, 2.45) is 0 Å². The molecule has 0 fully saturated rings. The van der Waals surface area contributed by atoms with Gasteiger partial charge in [-0.3, -0.25) is 0 Å². The zero-order chi connectivity index (χ0) is 13.0. The predicted octanol–water partition coefficient (Wildman–Crippen LogP) is 2.98. The second-order valence-electron chi connectivity index (χ2n) is 3.37. The van der Waals surface area contributed by atoms with Gasteiger partial charge in [0.05, 0.1) is 17.8 Å². The van der Waals surface area contributed by atoms with Gasteiger partial charge in [-0.2, -0.15) is 0 Å². The molecule has 1 atom stereocenters. The monoisotopic (exact) mass is 263 g/mol. The first-order chi connectivity index (χ1) is 7.99. The Labute approximate surface area is 103 Å². The van der Waals surface area contributed by atoms with Crippen molar-refractivity contribution in [1.29, 1.82) is 0 Å². The van der Waals surface area contributed by atoms with Crippen molar-refractivity contribution in [1.82, 2.24) is 0 Å². The van der Waals surface area contributed by atoms with Gasteiger partial charge in [0.15, 0.2) is 5.82 Å². The Morgan fingerprint density at radius 2 is 2.18 bits per heavy atom. The fourth-order valence-electron chi connectivity index (χ4n) is 1.32. The number of hydrogen-bond donors (Lipinski definition) is 1. The van der Waals surface area contributed by atoms with Crippen molar-refractivity contribution in [3.63, 3.8) is 0 Å². The summed E-state index contributed by atoms with van der Waals surface area (Å²) in [5.41, 5.74) is -0.106. The van der Waals surface area contributed by atoms with Gasteiger partial charge in [0, 0.05) is 6.07 Å². The molecule has 3 nitrogen and oxygen atoms in total. The van der Waals surface area contributed by atoms with E-state index in [1.165, 1.54) is 7.11 Å². The van der Waals surface area contributed by atoms with Crippen LogP contribution >= 0.6 is 11.6 Å². The smallest absolute Gasteiger partial charge is 0.328 e. The molecule has 94 valence electrons. The summed E-state index contributed by atoms with van der Waals surface area (Å²) in [6.07, 6.45) is 0.389. The number of carbonyl (C=O) groups excluding carboxylic acids is 1. The molecule has 0 aromatic heterocycles. The van der Waals surface area contributed by atoms with E-state index in [9.17, 15) is 13.6 Å². The summed E-state index contributed by atoms with van der Waals surface area (Å²) in [6, 6.07) is 0.937. The average molecular weight is 264 g/mol. The van der Waals surface area contributed by atoms with Gasteiger partial charge in [-0.25, -0.2) is 13.6 Å². The highest BCUT2D eigenvalue weighted by Crippen LogP contribution is 2.27. The van der Waals surface area contributed by atoms with E-state index in [-0.39, 0.29) is 10.7 Å². The van der Waals surface area contributed by atoms with Crippen LogP contribution in [0.15, 0.2) is 12.1 Å². The number of halogens is 3. The molecule has 0 saturated heterocycles. The highest BCUT2D eigenvalue weighted by Gasteiger charge is 2.20. The summed E-state index contributed by atoms with van der Waals surface area (Å²) in [5.74, 6) is -2.16. The number of anilines is 1. The van der Waals surface area contributed by atoms with Crippen LogP contribution < -0.4 is 5.32 Å².